The Labute approximate surface area is 183 Å². The molecule has 1 unspecified atom stereocenters. The lowest BCUT2D eigenvalue weighted by Crippen LogP contribution is -2.39. The highest BCUT2D eigenvalue weighted by Crippen LogP contribution is 2.25. The van der Waals surface area contributed by atoms with Crippen LogP contribution in [0.3, 0.4) is 0 Å². The first-order valence-electron chi connectivity index (χ1n) is 8.92. The van der Waals surface area contributed by atoms with Crippen molar-refractivity contribution in [2.24, 2.45) is 10.9 Å². The maximum absolute atomic E-state index is 5.18. The summed E-state index contributed by atoms with van der Waals surface area (Å²) < 4.78 is 5.18. The van der Waals surface area contributed by atoms with E-state index in [2.05, 4.69) is 50.5 Å². The van der Waals surface area contributed by atoms with E-state index in [0.29, 0.717) is 18.3 Å². The van der Waals surface area contributed by atoms with Crippen molar-refractivity contribution in [3.05, 3.63) is 54.2 Å². The van der Waals surface area contributed by atoms with Crippen molar-refractivity contribution in [3.8, 4) is 5.88 Å². The van der Waals surface area contributed by atoms with E-state index in [1.54, 1.807) is 7.11 Å². The molecule has 1 N–H and O–H groups in total. The highest BCUT2D eigenvalue weighted by Gasteiger charge is 2.24. The van der Waals surface area contributed by atoms with Gasteiger partial charge in [-0.3, -0.25) is 4.99 Å². The number of ether oxygens (including phenoxy) is 1. The molecule has 7 heteroatoms. The predicted molar refractivity (Wildman–Crippen MR) is 123 cm³/mol. The predicted octanol–water partition coefficient (Wildman–Crippen LogP) is 3.90. The van der Waals surface area contributed by atoms with Crippen molar-refractivity contribution >= 4 is 41.7 Å². The number of halogens is 1. The molecule has 5 nitrogen and oxygen atoms in total. The summed E-state index contributed by atoms with van der Waals surface area (Å²) in [7, 11) is 3.48. The van der Waals surface area contributed by atoms with Gasteiger partial charge in [-0.15, -0.1) is 35.7 Å². The van der Waals surface area contributed by atoms with Gasteiger partial charge in [0.1, 0.15) is 0 Å². The topological polar surface area (TPSA) is 49.8 Å². The third kappa shape index (κ3) is 6.57. The highest BCUT2D eigenvalue weighted by atomic mass is 127. The van der Waals surface area contributed by atoms with Crippen LogP contribution in [0.15, 0.2) is 58.4 Å². The number of thioether (sulfide) groups is 1. The lowest BCUT2D eigenvalue weighted by Gasteiger charge is -2.21. The average molecular weight is 498 g/mol. The van der Waals surface area contributed by atoms with E-state index in [1.807, 2.05) is 37.0 Å². The minimum absolute atomic E-state index is 0. The van der Waals surface area contributed by atoms with Crippen molar-refractivity contribution in [1.82, 2.24) is 15.2 Å². The Morgan fingerprint density at radius 1 is 1.26 bits per heavy atom. The van der Waals surface area contributed by atoms with Gasteiger partial charge in [0.05, 0.1) is 19.3 Å². The second-order valence-corrected chi connectivity index (χ2v) is 7.39. The molecule has 1 saturated heterocycles. The molecular weight excluding hydrogens is 471 g/mol. The molecule has 1 aromatic carbocycles. The number of methoxy groups -OCH3 is 1. The van der Waals surface area contributed by atoms with Crippen LogP contribution in [-0.2, 0) is 6.54 Å². The maximum Gasteiger partial charge on any atom is 0.213 e. The van der Waals surface area contributed by atoms with E-state index >= 15 is 0 Å². The Balaban J connectivity index is 0.00000261. The van der Waals surface area contributed by atoms with E-state index in [4.69, 9.17) is 4.74 Å². The molecule has 1 atom stereocenters. The molecule has 0 bridgehead atoms. The fraction of sp³-hybridized carbons (Fsp3) is 0.400. The van der Waals surface area contributed by atoms with Crippen LogP contribution in [-0.4, -0.2) is 48.8 Å². The normalized spacial score (nSPS) is 16.7. The minimum atomic E-state index is 0. The van der Waals surface area contributed by atoms with Crippen molar-refractivity contribution in [2.45, 2.75) is 17.9 Å². The average Bonchev–Trinajstić information content (AvgIpc) is 3.17. The van der Waals surface area contributed by atoms with Crippen molar-refractivity contribution in [1.29, 1.82) is 0 Å². The van der Waals surface area contributed by atoms with Gasteiger partial charge in [0.2, 0.25) is 5.88 Å². The Kier molecular flexibility index (Phi) is 9.20. The fourth-order valence-corrected chi connectivity index (χ4v) is 4.11. The largest absolute Gasteiger partial charge is 0.481 e. The number of benzene rings is 1. The van der Waals surface area contributed by atoms with Gasteiger partial charge in [0, 0.05) is 36.9 Å². The standard InChI is InChI=1S/C20H26N4OS.HI/c1-21-20(22-13-17-7-6-10-19(23-17)25-2)24-12-11-16(14-24)15-26-18-8-4-3-5-9-18;/h3-10,16H,11-15H2,1-2H3,(H,21,22);1H. The van der Waals surface area contributed by atoms with E-state index in [1.165, 1.54) is 11.3 Å². The fourth-order valence-electron chi connectivity index (χ4n) is 3.06. The monoisotopic (exact) mass is 498 g/mol. The summed E-state index contributed by atoms with van der Waals surface area (Å²) in [5.41, 5.74) is 0.945. The zero-order valence-electron chi connectivity index (χ0n) is 15.8. The molecule has 0 radical (unpaired) electrons. The Morgan fingerprint density at radius 3 is 2.81 bits per heavy atom. The van der Waals surface area contributed by atoms with Gasteiger partial charge < -0.3 is 15.0 Å². The summed E-state index contributed by atoms with van der Waals surface area (Å²) in [6, 6.07) is 16.4. The SMILES string of the molecule is CN=C(NCc1cccc(OC)n1)N1CCC(CSc2ccccc2)C1.I. The number of hydrogen-bond donors (Lipinski definition) is 1. The van der Waals surface area contributed by atoms with E-state index in [0.717, 1.165) is 30.5 Å². The molecule has 0 amide bonds. The zero-order chi connectivity index (χ0) is 18.2. The Morgan fingerprint density at radius 2 is 2.07 bits per heavy atom. The quantitative estimate of drug-likeness (QED) is 0.284. The molecule has 146 valence electrons. The minimum Gasteiger partial charge on any atom is -0.481 e. The van der Waals surface area contributed by atoms with Crippen LogP contribution in [0.5, 0.6) is 5.88 Å². The number of nitrogens with one attached hydrogen (secondary N) is 1. The molecule has 2 heterocycles. The molecule has 0 spiro atoms. The summed E-state index contributed by atoms with van der Waals surface area (Å²) in [5.74, 6) is 3.42. The van der Waals surface area contributed by atoms with Crippen molar-refractivity contribution < 1.29 is 4.74 Å². The molecule has 1 fully saturated rings. The van der Waals surface area contributed by atoms with Crippen LogP contribution >= 0.6 is 35.7 Å². The first-order chi connectivity index (χ1) is 12.8. The Bertz CT molecular complexity index is 729. The van der Waals surface area contributed by atoms with Gasteiger partial charge >= 0.3 is 0 Å². The molecule has 1 aliphatic rings. The molecule has 1 aromatic heterocycles. The second kappa shape index (κ2) is 11.4. The van der Waals surface area contributed by atoms with Crippen LogP contribution < -0.4 is 10.1 Å². The van der Waals surface area contributed by atoms with Gasteiger partial charge in [-0.1, -0.05) is 24.3 Å². The first kappa shape index (κ1) is 21.8. The summed E-state index contributed by atoms with van der Waals surface area (Å²) in [5, 5.41) is 3.42. The number of pyridine rings is 1. The summed E-state index contributed by atoms with van der Waals surface area (Å²) in [4.78, 5) is 12.6. The van der Waals surface area contributed by atoms with Crippen LogP contribution in [0.1, 0.15) is 12.1 Å². The van der Waals surface area contributed by atoms with Gasteiger partial charge in [-0.05, 0) is 30.5 Å². The smallest absolute Gasteiger partial charge is 0.213 e. The molecule has 0 saturated carbocycles. The molecule has 3 rings (SSSR count). The summed E-state index contributed by atoms with van der Waals surface area (Å²) >= 11 is 1.94. The number of aromatic nitrogens is 1. The number of hydrogen-bond acceptors (Lipinski definition) is 4. The second-order valence-electron chi connectivity index (χ2n) is 6.30. The third-order valence-corrected chi connectivity index (χ3v) is 5.69. The van der Waals surface area contributed by atoms with Crippen LogP contribution in [0.2, 0.25) is 0 Å². The zero-order valence-corrected chi connectivity index (χ0v) is 18.9. The number of aliphatic imine (C=N–C) groups is 1. The van der Waals surface area contributed by atoms with Crippen LogP contribution in [0, 0.1) is 5.92 Å². The number of likely N-dealkylation sites (tertiary alicyclic amines) is 1. The number of nitrogens with zero attached hydrogens (tertiary/aromatic N) is 3. The number of rotatable bonds is 6. The van der Waals surface area contributed by atoms with Gasteiger partial charge in [0.15, 0.2) is 5.96 Å². The van der Waals surface area contributed by atoms with Crippen molar-refractivity contribution in [3.63, 3.8) is 0 Å². The van der Waals surface area contributed by atoms with Gasteiger partial charge in [0.25, 0.3) is 0 Å². The van der Waals surface area contributed by atoms with Gasteiger partial charge in [-0.25, -0.2) is 4.98 Å². The van der Waals surface area contributed by atoms with Crippen molar-refractivity contribution in [2.75, 3.05) is 33.0 Å². The van der Waals surface area contributed by atoms with E-state index in [-0.39, 0.29) is 24.0 Å². The molecule has 27 heavy (non-hydrogen) atoms. The lowest BCUT2D eigenvalue weighted by atomic mass is 10.2. The Hall–Kier alpha value is -1.48. The molecular formula is C20H27IN4OS. The lowest BCUT2D eigenvalue weighted by molar-refractivity contribution is 0.396. The highest BCUT2D eigenvalue weighted by molar-refractivity contribution is 14.0. The summed E-state index contributed by atoms with van der Waals surface area (Å²) in [6.45, 7) is 2.74. The maximum atomic E-state index is 5.18. The van der Waals surface area contributed by atoms with E-state index in [9.17, 15) is 0 Å². The van der Waals surface area contributed by atoms with Gasteiger partial charge in [-0.2, -0.15) is 0 Å². The number of guanidine groups is 1. The van der Waals surface area contributed by atoms with Crippen LogP contribution in [0.4, 0.5) is 0 Å². The summed E-state index contributed by atoms with van der Waals surface area (Å²) in [6.07, 6.45) is 1.21. The first-order valence-corrected chi connectivity index (χ1v) is 9.90. The molecule has 1 aliphatic heterocycles. The molecule has 2 aromatic rings. The molecule has 0 aliphatic carbocycles. The van der Waals surface area contributed by atoms with E-state index < -0.39 is 0 Å². The third-order valence-electron chi connectivity index (χ3n) is 4.44. The van der Waals surface area contributed by atoms with Crippen LogP contribution in [0.25, 0.3) is 0 Å².